The Morgan fingerprint density at radius 2 is 2.00 bits per heavy atom. The Bertz CT molecular complexity index is 876. The van der Waals surface area contributed by atoms with E-state index in [1.165, 1.54) is 6.42 Å². The molecule has 1 aliphatic carbocycles. The summed E-state index contributed by atoms with van der Waals surface area (Å²) in [4.78, 5) is 22.2. The van der Waals surface area contributed by atoms with Crippen LogP contribution in [0.15, 0.2) is 28.7 Å². The minimum absolute atomic E-state index is 0.0110. The average Bonchev–Trinajstić information content (AvgIpc) is 3.09. The number of hydrogen-bond acceptors (Lipinski definition) is 5. The normalized spacial score (nSPS) is 22.4. The third-order valence-corrected chi connectivity index (χ3v) is 6.95. The predicted octanol–water partition coefficient (Wildman–Crippen LogP) is 4.68. The van der Waals surface area contributed by atoms with Gasteiger partial charge in [-0.3, -0.25) is 9.69 Å². The molecule has 1 saturated carbocycles. The van der Waals surface area contributed by atoms with E-state index in [2.05, 4.69) is 21.7 Å². The number of benzene rings is 1. The maximum atomic E-state index is 13.5. The van der Waals surface area contributed by atoms with Gasteiger partial charge in [-0.25, -0.2) is 4.98 Å². The van der Waals surface area contributed by atoms with Gasteiger partial charge >= 0.3 is 0 Å². The second-order valence-electron chi connectivity index (χ2n) is 8.73. The first-order valence-electron chi connectivity index (χ1n) is 11.3. The van der Waals surface area contributed by atoms with Gasteiger partial charge in [0.05, 0.1) is 37.5 Å². The number of oxazole rings is 1. The molecule has 4 rings (SSSR count). The molecule has 6 nitrogen and oxygen atoms in total. The zero-order valence-corrected chi connectivity index (χ0v) is 19.4. The number of nitrogens with zero attached hydrogens (tertiary/aromatic N) is 3. The fourth-order valence-corrected chi connectivity index (χ4v) is 4.86. The van der Waals surface area contributed by atoms with Crippen LogP contribution in [0.2, 0.25) is 5.02 Å². The van der Waals surface area contributed by atoms with Crippen molar-refractivity contribution in [1.82, 2.24) is 14.8 Å². The Labute approximate surface area is 189 Å². The van der Waals surface area contributed by atoms with Crippen molar-refractivity contribution in [2.75, 3.05) is 19.7 Å². The maximum Gasteiger partial charge on any atom is 0.237 e. The monoisotopic (exact) mass is 445 g/mol. The van der Waals surface area contributed by atoms with Crippen molar-refractivity contribution in [2.45, 2.75) is 71.2 Å². The van der Waals surface area contributed by atoms with Crippen LogP contribution in [0.5, 0.6) is 0 Å². The van der Waals surface area contributed by atoms with Crippen LogP contribution in [0.3, 0.4) is 0 Å². The third-order valence-electron chi connectivity index (χ3n) is 6.70. The van der Waals surface area contributed by atoms with Gasteiger partial charge < -0.3 is 14.1 Å². The molecular weight excluding hydrogens is 414 g/mol. The number of rotatable bonds is 6. The second kappa shape index (κ2) is 9.72. The molecule has 2 aliphatic rings. The fourth-order valence-electron chi connectivity index (χ4n) is 4.73. The highest BCUT2D eigenvalue weighted by Crippen LogP contribution is 2.30. The maximum absolute atomic E-state index is 13.5. The van der Waals surface area contributed by atoms with Crippen LogP contribution in [0.4, 0.5) is 0 Å². The SMILES string of the molecule is Cc1nc(CN(CC(=O)N2CCO[C@@H]3CCCC[C@@H]32)[C@H](C)c2ccc(Cl)cc2)oc1C. The van der Waals surface area contributed by atoms with Crippen molar-refractivity contribution in [1.29, 1.82) is 0 Å². The molecule has 168 valence electrons. The molecule has 31 heavy (non-hydrogen) atoms. The van der Waals surface area contributed by atoms with Crippen LogP contribution >= 0.6 is 11.6 Å². The van der Waals surface area contributed by atoms with Crippen molar-refractivity contribution in [3.63, 3.8) is 0 Å². The number of carbonyl (C=O) groups excluding carboxylic acids is 1. The molecule has 1 aromatic carbocycles. The van der Waals surface area contributed by atoms with E-state index in [1.54, 1.807) is 0 Å². The molecule has 1 saturated heterocycles. The molecule has 2 fully saturated rings. The Morgan fingerprint density at radius 1 is 1.26 bits per heavy atom. The van der Waals surface area contributed by atoms with Gasteiger partial charge in [0.2, 0.25) is 11.8 Å². The lowest BCUT2D eigenvalue weighted by molar-refractivity contribution is -0.151. The van der Waals surface area contributed by atoms with E-state index < -0.39 is 0 Å². The van der Waals surface area contributed by atoms with E-state index in [-0.39, 0.29) is 24.1 Å². The number of aryl methyl sites for hydroxylation is 2. The fraction of sp³-hybridized carbons (Fsp3) is 0.583. The van der Waals surface area contributed by atoms with Gasteiger partial charge in [-0.2, -0.15) is 0 Å². The summed E-state index contributed by atoms with van der Waals surface area (Å²) < 4.78 is 11.8. The number of amides is 1. The third kappa shape index (κ3) is 5.13. The molecule has 0 bridgehead atoms. The largest absolute Gasteiger partial charge is 0.444 e. The molecule has 1 aliphatic heterocycles. The van der Waals surface area contributed by atoms with Gasteiger partial charge in [-0.05, 0) is 51.3 Å². The van der Waals surface area contributed by atoms with Crippen LogP contribution in [-0.2, 0) is 16.1 Å². The number of fused-ring (bicyclic) bond motifs is 1. The zero-order valence-electron chi connectivity index (χ0n) is 18.6. The van der Waals surface area contributed by atoms with E-state index in [0.717, 1.165) is 36.3 Å². The van der Waals surface area contributed by atoms with E-state index in [1.807, 2.05) is 38.1 Å². The molecule has 0 unspecified atom stereocenters. The van der Waals surface area contributed by atoms with Gasteiger partial charge in [0.15, 0.2) is 0 Å². The highest BCUT2D eigenvalue weighted by atomic mass is 35.5. The minimum Gasteiger partial charge on any atom is -0.444 e. The van der Waals surface area contributed by atoms with Crippen molar-refractivity contribution >= 4 is 17.5 Å². The molecular formula is C24H32ClN3O3. The number of halogens is 1. The lowest BCUT2D eigenvalue weighted by Gasteiger charge is -2.44. The van der Waals surface area contributed by atoms with Crippen LogP contribution in [0, 0.1) is 13.8 Å². The lowest BCUT2D eigenvalue weighted by Crippen LogP contribution is -2.56. The first-order valence-corrected chi connectivity index (χ1v) is 11.6. The van der Waals surface area contributed by atoms with Crippen LogP contribution < -0.4 is 0 Å². The molecule has 0 N–H and O–H groups in total. The summed E-state index contributed by atoms with van der Waals surface area (Å²) in [6, 6.07) is 8.03. The standard InChI is InChI=1S/C24H32ClN3O3/c1-16-18(3)31-23(26-16)14-27(17(2)19-8-10-20(25)11-9-19)15-24(29)28-12-13-30-22-7-5-4-6-21(22)28/h8-11,17,21-22H,4-7,12-15H2,1-3H3/t17-,21+,22-/m1/s1. The van der Waals surface area contributed by atoms with Crippen LogP contribution in [0.1, 0.15) is 61.6 Å². The Morgan fingerprint density at radius 3 is 2.71 bits per heavy atom. The van der Waals surface area contributed by atoms with E-state index in [9.17, 15) is 4.79 Å². The van der Waals surface area contributed by atoms with Crippen molar-refractivity contribution in [2.24, 2.45) is 0 Å². The molecule has 7 heteroatoms. The van der Waals surface area contributed by atoms with Gasteiger partial charge in [0.25, 0.3) is 0 Å². The van der Waals surface area contributed by atoms with Gasteiger partial charge in [0, 0.05) is 17.6 Å². The average molecular weight is 446 g/mol. The van der Waals surface area contributed by atoms with Crippen molar-refractivity contribution in [3.05, 3.63) is 52.2 Å². The van der Waals surface area contributed by atoms with E-state index in [0.29, 0.717) is 37.2 Å². The highest BCUT2D eigenvalue weighted by molar-refractivity contribution is 6.30. The van der Waals surface area contributed by atoms with Crippen molar-refractivity contribution < 1.29 is 13.9 Å². The Hall–Kier alpha value is -1.89. The number of morpholine rings is 1. The number of carbonyl (C=O) groups is 1. The Kier molecular flexibility index (Phi) is 6.99. The molecule has 2 heterocycles. The summed E-state index contributed by atoms with van der Waals surface area (Å²) in [6.07, 6.45) is 4.61. The van der Waals surface area contributed by atoms with Crippen LogP contribution in [0.25, 0.3) is 0 Å². The Balaban J connectivity index is 1.54. The van der Waals surface area contributed by atoms with E-state index >= 15 is 0 Å². The van der Waals surface area contributed by atoms with Crippen molar-refractivity contribution in [3.8, 4) is 0 Å². The molecule has 2 aromatic rings. The predicted molar refractivity (Wildman–Crippen MR) is 120 cm³/mol. The summed E-state index contributed by atoms with van der Waals surface area (Å²) in [7, 11) is 0. The highest BCUT2D eigenvalue weighted by Gasteiger charge is 2.37. The summed E-state index contributed by atoms with van der Waals surface area (Å²) in [5, 5.41) is 0.703. The van der Waals surface area contributed by atoms with E-state index in [4.69, 9.17) is 20.8 Å². The summed E-state index contributed by atoms with van der Waals surface area (Å²) in [5.41, 5.74) is 1.99. The smallest absolute Gasteiger partial charge is 0.237 e. The molecule has 1 aromatic heterocycles. The molecule has 0 radical (unpaired) electrons. The first-order chi connectivity index (χ1) is 14.9. The molecule has 0 spiro atoms. The zero-order chi connectivity index (χ0) is 22.0. The number of ether oxygens (including phenoxy) is 1. The van der Waals surface area contributed by atoms with Gasteiger partial charge in [0.1, 0.15) is 5.76 Å². The number of aromatic nitrogens is 1. The summed E-state index contributed by atoms with van der Waals surface area (Å²) in [6.45, 7) is 8.05. The quantitative estimate of drug-likeness (QED) is 0.646. The summed E-state index contributed by atoms with van der Waals surface area (Å²) >= 11 is 6.09. The topological polar surface area (TPSA) is 58.8 Å². The molecule has 3 atom stereocenters. The number of hydrogen-bond donors (Lipinski definition) is 0. The van der Waals surface area contributed by atoms with Gasteiger partial charge in [-0.1, -0.05) is 36.6 Å². The van der Waals surface area contributed by atoms with Gasteiger partial charge in [-0.15, -0.1) is 0 Å². The minimum atomic E-state index is 0.0110. The first kappa shape index (κ1) is 22.3. The lowest BCUT2D eigenvalue weighted by atomic mass is 9.90. The molecule has 1 amide bonds. The summed E-state index contributed by atoms with van der Waals surface area (Å²) in [5.74, 6) is 1.61. The van der Waals surface area contributed by atoms with Crippen LogP contribution in [-0.4, -0.2) is 52.5 Å². The second-order valence-corrected chi connectivity index (χ2v) is 9.17.